The van der Waals surface area contributed by atoms with E-state index in [2.05, 4.69) is 14.9 Å². The molecule has 1 aromatic rings. The lowest BCUT2D eigenvalue weighted by Crippen LogP contribution is -2.23. The van der Waals surface area contributed by atoms with Gasteiger partial charge in [0, 0.05) is 25.3 Å². The lowest BCUT2D eigenvalue weighted by atomic mass is 10.3. The monoisotopic (exact) mass is 271 g/mol. The molecule has 0 heterocycles. The number of likely N-dealkylation sites (N-methyl/N-ethyl adjacent to an activating group) is 1. The van der Waals surface area contributed by atoms with Gasteiger partial charge >= 0.3 is 0 Å². The Balaban J connectivity index is 2.63. The quantitative estimate of drug-likeness (QED) is 0.775. The Morgan fingerprint density at radius 2 is 1.78 bits per heavy atom. The second-order valence-electron chi connectivity index (χ2n) is 4.26. The maximum absolute atomic E-state index is 11.7. The van der Waals surface area contributed by atoms with Crippen LogP contribution >= 0.6 is 0 Å². The molecule has 0 atom stereocenters. The van der Waals surface area contributed by atoms with Crippen LogP contribution in [0.5, 0.6) is 0 Å². The van der Waals surface area contributed by atoms with Crippen LogP contribution in [-0.4, -0.2) is 47.0 Å². The summed E-state index contributed by atoms with van der Waals surface area (Å²) in [5, 5.41) is 3.23. The van der Waals surface area contributed by atoms with Crippen molar-refractivity contribution in [2.75, 3.05) is 39.0 Å². The van der Waals surface area contributed by atoms with E-state index in [4.69, 9.17) is 0 Å². The number of hydrogen-bond donors (Lipinski definition) is 2. The molecule has 18 heavy (non-hydrogen) atoms. The van der Waals surface area contributed by atoms with Crippen LogP contribution in [0.3, 0.4) is 0 Å². The highest BCUT2D eigenvalue weighted by atomic mass is 32.2. The first kappa shape index (κ1) is 14.9. The highest BCUT2D eigenvalue weighted by molar-refractivity contribution is 7.89. The van der Waals surface area contributed by atoms with Crippen LogP contribution in [0.1, 0.15) is 6.92 Å². The van der Waals surface area contributed by atoms with E-state index in [1.165, 1.54) is 0 Å². The van der Waals surface area contributed by atoms with E-state index in [0.717, 1.165) is 18.8 Å². The third kappa shape index (κ3) is 4.64. The molecule has 0 aliphatic heterocycles. The van der Waals surface area contributed by atoms with Crippen LogP contribution in [0.4, 0.5) is 5.69 Å². The Hall–Kier alpha value is -1.11. The van der Waals surface area contributed by atoms with Crippen molar-refractivity contribution in [3.05, 3.63) is 24.3 Å². The summed E-state index contributed by atoms with van der Waals surface area (Å²) in [5.41, 5.74) is 0.923. The Kier molecular flexibility index (Phi) is 5.58. The summed E-state index contributed by atoms with van der Waals surface area (Å²) < 4.78 is 25.9. The molecule has 0 unspecified atom stereocenters. The molecule has 0 amide bonds. The summed E-state index contributed by atoms with van der Waals surface area (Å²) in [6.07, 6.45) is 0. The summed E-state index contributed by atoms with van der Waals surface area (Å²) in [6.45, 7) is 3.91. The fourth-order valence-electron chi connectivity index (χ4n) is 1.45. The highest BCUT2D eigenvalue weighted by Crippen LogP contribution is 2.13. The van der Waals surface area contributed by atoms with Crippen LogP contribution in [0.2, 0.25) is 0 Å². The normalized spacial score (nSPS) is 11.8. The third-order valence-electron chi connectivity index (χ3n) is 2.39. The van der Waals surface area contributed by atoms with Gasteiger partial charge in [0.15, 0.2) is 0 Å². The lowest BCUT2D eigenvalue weighted by Gasteiger charge is -2.11. The maximum Gasteiger partial charge on any atom is 0.240 e. The second-order valence-corrected chi connectivity index (χ2v) is 6.02. The molecule has 0 fully saturated rings. The first-order valence-electron chi connectivity index (χ1n) is 5.94. The van der Waals surface area contributed by atoms with Crippen LogP contribution in [0, 0.1) is 0 Å². The summed E-state index contributed by atoms with van der Waals surface area (Å²) in [5.74, 6) is 0. The number of sulfonamides is 1. The second kappa shape index (κ2) is 6.72. The molecule has 0 spiro atoms. The molecule has 5 nitrogen and oxygen atoms in total. The predicted octanol–water partition coefficient (Wildman–Crippen LogP) is 0.958. The zero-order valence-electron chi connectivity index (χ0n) is 11.1. The van der Waals surface area contributed by atoms with Gasteiger partial charge in [-0.15, -0.1) is 0 Å². The van der Waals surface area contributed by atoms with E-state index in [1.807, 2.05) is 14.1 Å². The van der Waals surface area contributed by atoms with Gasteiger partial charge in [-0.3, -0.25) is 0 Å². The number of benzene rings is 1. The van der Waals surface area contributed by atoms with Crippen LogP contribution in [-0.2, 0) is 10.0 Å². The molecule has 0 bridgehead atoms. The van der Waals surface area contributed by atoms with Gasteiger partial charge in [0.2, 0.25) is 10.0 Å². The highest BCUT2D eigenvalue weighted by Gasteiger charge is 2.11. The molecular formula is C12H21N3O2S. The Labute approximate surface area is 109 Å². The molecule has 0 radical (unpaired) electrons. The van der Waals surface area contributed by atoms with E-state index >= 15 is 0 Å². The number of anilines is 1. The first-order valence-corrected chi connectivity index (χ1v) is 7.42. The van der Waals surface area contributed by atoms with Crippen molar-refractivity contribution < 1.29 is 8.42 Å². The third-order valence-corrected chi connectivity index (χ3v) is 3.95. The standard InChI is InChI=1S/C12H21N3O2S/c1-4-14-18(16,17)12-7-5-11(6-8-12)13-9-10-15(2)3/h5-8,13-14H,4,9-10H2,1-3H3. The lowest BCUT2D eigenvalue weighted by molar-refractivity contribution is 0.425. The van der Waals surface area contributed by atoms with E-state index in [9.17, 15) is 8.42 Å². The van der Waals surface area contributed by atoms with Gasteiger partial charge in [-0.2, -0.15) is 0 Å². The average molecular weight is 271 g/mol. The molecule has 0 aromatic heterocycles. The van der Waals surface area contributed by atoms with Crippen molar-refractivity contribution in [2.24, 2.45) is 0 Å². The first-order chi connectivity index (χ1) is 8.45. The molecule has 102 valence electrons. The summed E-state index contributed by atoms with van der Waals surface area (Å²) in [6, 6.07) is 6.77. The van der Waals surface area contributed by atoms with Crippen LogP contribution in [0.25, 0.3) is 0 Å². The zero-order valence-corrected chi connectivity index (χ0v) is 11.9. The van der Waals surface area contributed by atoms with Gasteiger partial charge < -0.3 is 10.2 Å². The number of hydrogen-bond acceptors (Lipinski definition) is 4. The zero-order chi connectivity index (χ0) is 13.6. The molecular weight excluding hydrogens is 250 g/mol. The molecule has 6 heteroatoms. The van der Waals surface area contributed by atoms with E-state index < -0.39 is 10.0 Å². The van der Waals surface area contributed by atoms with E-state index in [0.29, 0.717) is 11.4 Å². The minimum absolute atomic E-state index is 0.294. The Morgan fingerprint density at radius 1 is 1.17 bits per heavy atom. The SMILES string of the molecule is CCNS(=O)(=O)c1ccc(NCCN(C)C)cc1. The van der Waals surface area contributed by atoms with Crippen molar-refractivity contribution in [2.45, 2.75) is 11.8 Å². The van der Waals surface area contributed by atoms with Crippen molar-refractivity contribution in [3.8, 4) is 0 Å². The summed E-state index contributed by atoms with van der Waals surface area (Å²) in [7, 11) is 0.668. The van der Waals surface area contributed by atoms with Crippen LogP contribution < -0.4 is 10.0 Å². The maximum atomic E-state index is 11.7. The molecule has 0 aliphatic rings. The number of nitrogens with one attached hydrogen (secondary N) is 2. The molecule has 0 aliphatic carbocycles. The van der Waals surface area contributed by atoms with Gasteiger partial charge in [-0.1, -0.05) is 6.92 Å². The Bertz CT molecular complexity index is 455. The van der Waals surface area contributed by atoms with Gasteiger partial charge in [0.05, 0.1) is 4.90 Å². The number of nitrogens with zero attached hydrogens (tertiary/aromatic N) is 1. The van der Waals surface area contributed by atoms with E-state index in [-0.39, 0.29) is 0 Å². The molecule has 1 aromatic carbocycles. The van der Waals surface area contributed by atoms with E-state index in [1.54, 1.807) is 31.2 Å². The van der Waals surface area contributed by atoms with Crippen molar-refractivity contribution in [1.82, 2.24) is 9.62 Å². The van der Waals surface area contributed by atoms with Gasteiger partial charge in [-0.05, 0) is 38.4 Å². The van der Waals surface area contributed by atoms with Gasteiger partial charge in [0.1, 0.15) is 0 Å². The van der Waals surface area contributed by atoms with Crippen molar-refractivity contribution in [3.63, 3.8) is 0 Å². The fourth-order valence-corrected chi connectivity index (χ4v) is 2.49. The smallest absolute Gasteiger partial charge is 0.240 e. The summed E-state index contributed by atoms with van der Waals surface area (Å²) in [4.78, 5) is 2.37. The molecule has 0 saturated heterocycles. The minimum atomic E-state index is -3.35. The van der Waals surface area contributed by atoms with Crippen LogP contribution in [0.15, 0.2) is 29.2 Å². The van der Waals surface area contributed by atoms with Crippen molar-refractivity contribution in [1.29, 1.82) is 0 Å². The topological polar surface area (TPSA) is 61.4 Å². The van der Waals surface area contributed by atoms with Crippen molar-refractivity contribution >= 4 is 15.7 Å². The molecule has 2 N–H and O–H groups in total. The summed E-state index contributed by atoms with van der Waals surface area (Å²) >= 11 is 0. The predicted molar refractivity (Wildman–Crippen MR) is 74.3 cm³/mol. The average Bonchev–Trinajstić information content (AvgIpc) is 2.29. The number of rotatable bonds is 7. The fraction of sp³-hybridized carbons (Fsp3) is 0.500. The molecule has 0 saturated carbocycles. The Morgan fingerprint density at radius 3 is 2.28 bits per heavy atom. The largest absolute Gasteiger partial charge is 0.384 e. The minimum Gasteiger partial charge on any atom is -0.384 e. The van der Waals surface area contributed by atoms with Gasteiger partial charge in [-0.25, -0.2) is 13.1 Å². The van der Waals surface area contributed by atoms with Gasteiger partial charge in [0.25, 0.3) is 0 Å². The molecule has 1 rings (SSSR count).